The van der Waals surface area contributed by atoms with Gasteiger partial charge < -0.3 is 10.1 Å². The van der Waals surface area contributed by atoms with Gasteiger partial charge in [-0.15, -0.1) is 0 Å². The maximum absolute atomic E-state index is 5.04. The van der Waals surface area contributed by atoms with Crippen molar-refractivity contribution in [3.8, 4) is 17.1 Å². The Morgan fingerprint density at radius 2 is 1.58 bits per heavy atom. The van der Waals surface area contributed by atoms with Gasteiger partial charge in [-0.3, -0.25) is 0 Å². The van der Waals surface area contributed by atoms with Crippen LogP contribution in [0.2, 0.25) is 0 Å². The SMILES string of the molecule is COc1cnc(-c2ccc(NC(C)(C)C)cc2)nc1. The van der Waals surface area contributed by atoms with Crippen LogP contribution in [0.1, 0.15) is 20.8 Å². The van der Waals surface area contributed by atoms with E-state index in [9.17, 15) is 0 Å². The third-order valence-corrected chi connectivity index (χ3v) is 2.53. The highest BCUT2D eigenvalue weighted by Crippen LogP contribution is 2.20. The van der Waals surface area contributed by atoms with Crippen LogP contribution in [-0.4, -0.2) is 22.6 Å². The summed E-state index contributed by atoms with van der Waals surface area (Å²) in [6, 6.07) is 8.09. The smallest absolute Gasteiger partial charge is 0.159 e. The number of methoxy groups -OCH3 is 1. The van der Waals surface area contributed by atoms with Gasteiger partial charge in [-0.25, -0.2) is 9.97 Å². The van der Waals surface area contributed by atoms with Gasteiger partial charge >= 0.3 is 0 Å². The molecular weight excluding hydrogens is 238 g/mol. The van der Waals surface area contributed by atoms with E-state index < -0.39 is 0 Å². The van der Waals surface area contributed by atoms with Gasteiger partial charge in [-0.05, 0) is 45.0 Å². The average molecular weight is 257 g/mol. The van der Waals surface area contributed by atoms with Crippen molar-refractivity contribution in [1.29, 1.82) is 0 Å². The number of ether oxygens (including phenoxy) is 1. The molecule has 0 amide bonds. The van der Waals surface area contributed by atoms with Crippen molar-refractivity contribution in [3.05, 3.63) is 36.7 Å². The lowest BCUT2D eigenvalue weighted by Crippen LogP contribution is -2.25. The Morgan fingerprint density at radius 1 is 1.00 bits per heavy atom. The van der Waals surface area contributed by atoms with E-state index in [1.807, 2.05) is 24.3 Å². The minimum Gasteiger partial charge on any atom is -0.494 e. The standard InChI is InChI=1S/C15H19N3O/c1-15(2,3)18-12-7-5-11(6-8-12)14-16-9-13(19-4)10-17-14/h5-10,18H,1-4H3. The second kappa shape index (κ2) is 5.26. The zero-order valence-corrected chi connectivity index (χ0v) is 11.8. The molecular formula is C15H19N3O. The molecule has 0 fully saturated rings. The van der Waals surface area contributed by atoms with E-state index >= 15 is 0 Å². The van der Waals surface area contributed by atoms with Gasteiger partial charge in [0.2, 0.25) is 0 Å². The van der Waals surface area contributed by atoms with E-state index in [1.165, 1.54) is 0 Å². The number of hydrogen-bond acceptors (Lipinski definition) is 4. The Hall–Kier alpha value is -2.10. The zero-order valence-electron chi connectivity index (χ0n) is 11.8. The van der Waals surface area contributed by atoms with E-state index in [0.717, 1.165) is 11.3 Å². The molecule has 0 radical (unpaired) electrons. The Bertz CT molecular complexity index is 527. The summed E-state index contributed by atoms with van der Waals surface area (Å²) < 4.78 is 5.04. The molecule has 0 aliphatic heterocycles. The molecule has 0 saturated carbocycles. The number of hydrogen-bond donors (Lipinski definition) is 1. The van der Waals surface area contributed by atoms with Crippen LogP contribution < -0.4 is 10.1 Å². The van der Waals surface area contributed by atoms with Gasteiger partial charge in [0.05, 0.1) is 19.5 Å². The van der Waals surface area contributed by atoms with Crippen LogP contribution in [0, 0.1) is 0 Å². The summed E-state index contributed by atoms with van der Waals surface area (Å²) in [7, 11) is 1.60. The van der Waals surface area contributed by atoms with Gasteiger partial charge in [0.25, 0.3) is 0 Å². The molecule has 0 bridgehead atoms. The van der Waals surface area contributed by atoms with Crippen molar-refractivity contribution in [2.45, 2.75) is 26.3 Å². The Morgan fingerprint density at radius 3 is 2.05 bits per heavy atom. The summed E-state index contributed by atoms with van der Waals surface area (Å²) >= 11 is 0. The lowest BCUT2D eigenvalue weighted by molar-refractivity contribution is 0.411. The lowest BCUT2D eigenvalue weighted by Gasteiger charge is -2.22. The first-order chi connectivity index (χ1) is 8.98. The molecule has 1 aromatic carbocycles. The average Bonchev–Trinajstić information content (AvgIpc) is 2.38. The monoisotopic (exact) mass is 257 g/mol. The quantitative estimate of drug-likeness (QED) is 0.915. The molecule has 1 N–H and O–H groups in total. The van der Waals surface area contributed by atoms with Crippen molar-refractivity contribution in [2.24, 2.45) is 0 Å². The number of rotatable bonds is 3. The van der Waals surface area contributed by atoms with Crippen LogP contribution in [0.25, 0.3) is 11.4 Å². The molecule has 1 aromatic heterocycles. The van der Waals surface area contributed by atoms with Crippen molar-refractivity contribution in [1.82, 2.24) is 9.97 Å². The molecule has 19 heavy (non-hydrogen) atoms. The van der Waals surface area contributed by atoms with Gasteiger partial charge in [0.15, 0.2) is 11.6 Å². The lowest BCUT2D eigenvalue weighted by atomic mass is 10.1. The van der Waals surface area contributed by atoms with E-state index in [1.54, 1.807) is 19.5 Å². The molecule has 0 atom stereocenters. The summed E-state index contributed by atoms with van der Waals surface area (Å²) in [4.78, 5) is 8.54. The van der Waals surface area contributed by atoms with E-state index in [4.69, 9.17) is 4.74 Å². The number of nitrogens with one attached hydrogen (secondary N) is 1. The second-order valence-corrected chi connectivity index (χ2v) is 5.40. The molecule has 0 aliphatic carbocycles. The Balaban J connectivity index is 2.17. The molecule has 0 aliphatic rings. The minimum atomic E-state index is 0.0537. The molecule has 2 rings (SSSR count). The molecule has 0 unspecified atom stereocenters. The first-order valence-corrected chi connectivity index (χ1v) is 6.22. The first-order valence-electron chi connectivity index (χ1n) is 6.22. The summed E-state index contributed by atoms with van der Waals surface area (Å²) in [5.41, 5.74) is 2.13. The highest BCUT2D eigenvalue weighted by Gasteiger charge is 2.09. The highest BCUT2D eigenvalue weighted by atomic mass is 16.5. The molecule has 0 saturated heterocycles. The number of nitrogens with zero attached hydrogens (tertiary/aromatic N) is 2. The van der Waals surface area contributed by atoms with Crippen LogP contribution in [0.15, 0.2) is 36.7 Å². The second-order valence-electron chi connectivity index (χ2n) is 5.40. The van der Waals surface area contributed by atoms with Crippen LogP contribution in [-0.2, 0) is 0 Å². The van der Waals surface area contributed by atoms with Crippen LogP contribution >= 0.6 is 0 Å². The Kier molecular flexibility index (Phi) is 3.69. The van der Waals surface area contributed by atoms with Gasteiger partial charge in [0.1, 0.15) is 0 Å². The van der Waals surface area contributed by atoms with Gasteiger partial charge in [-0.2, -0.15) is 0 Å². The van der Waals surface area contributed by atoms with Gasteiger partial charge in [-0.1, -0.05) is 0 Å². The van der Waals surface area contributed by atoms with Crippen LogP contribution in [0.3, 0.4) is 0 Å². The first kappa shape index (κ1) is 13.3. The van der Waals surface area contributed by atoms with Crippen LogP contribution in [0.4, 0.5) is 5.69 Å². The molecule has 1 heterocycles. The summed E-state index contributed by atoms with van der Waals surface area (Å²) in [6.07, 6.45) is 3.34. The highest BCUT2D eigenvalue weighted by molar-refractivity contribution is 5.60. The summed E-state index contributed by atoms with van der Waals surface area (Å²) in [6.45, 7) is 6.40. The predicted molar refractivity (Wildman–Crippen MR) is 77.4 cm³/mol. The topological polar surface area (TPSA) is 47.0 Å². The predicted octanol–water partition coefficient (Wildman–Crippen LogP) is 3.36. The number of aromatic nitrogens is 2. The number of anilines is 1. The molecule has 4 heteroatoms. The van der Waals surface area contributed by atoms with Crippen molar-refractivity contribution >= 4 is 5.69 Å². The van der Waals surface area contributed by atoms with Gasteiger partial charge in [0, 0.05) is 16.8 Å². The van der Waals surface area contributed by atoms with Crippen molar-refractivity contribution in [2.75, 3.05) is 12.4 Å². The fourth-order valence-electron chi connectivity index (χ4n) is 1.71. The maximum Gasteiger partial charge on any atom is 0.159 e. The summed E-state index contributed by atoms with van der Waals surface area (Å²) in [5.74, 6) is 1.36. The molecule has 100 valence electrons. The zero-order chi connectivity index (χ0) is 13.9. The third kappa shape index (κ3) is 3.68. The van der Waals surface area contributed by atoms with Crippen molar-refractivity contribution < 1.29 is 4.74 Å². The normalized spacial score (nSPS) is 11.2. The Labute approximate surface area is 113 Å². The molecule has 4 nitrogen and oxygen atoms in total. The van der Waals surface area contributed by atoms with Crippen LogP contribution in [0.5, 0.6) is 5.75 Å². The number of benzene rings is 1. The fraction of sp³-hybridized carbons (Fsp3) is 0.333. The van der Waals surface area contributed by atoms with Crippen molar-refractivity contribution in [3.63, 3.8) is 0 Å². The maximum atomic E-state index is 5.04. The third-order valence-electron chi connectivity index (χ3n) is 2.53. The van der Waals surface area contributed by atoms with E-state index in [-0.39, 0.29) is 5.54 Å². The summed E-state index contributed by atoms with van der Waals surface area (Å²) in [5, 5.41) is 3.42. The van der Waals surface area contributed by atoms with E-state index in [0.29, 0.717) is 11.6 Å². The molecule has 0 spiro atoms. The molecule has 2 aromatic rings. The van der Waals surface area contributed by atoms with E-state index in [2.05, 4.69) is 36.1 Å². The minimum absolute atomic E-state index is 0.0537. The largest absolute Gasteiger partial charge is 0.494 e. The fourth-order valence-corrected chi connectivity index (χ4v) is 1.71.